The highest BCUT2D eigenvalue weighted by molar-refractivity contribution is 5.74. The van der Waals surface area contributed by atoms with E-state index in [1.54, 1.807) is 0 Å². The summed E-state index contributed by atoms with van der Waals surface area (Å²) < 4.78 is 11.2. The van der Waals surface area contributed by atoms with Crippen LogP contribution in [0, 0.1) is 20.8 Å². The minimum Gasteiger partial charge on any atom is -0.482 e. The average Bonchev–Trinajstić information content (AvgIpc) is 2.49. The normalized spacial score (nSPS) is 11.2. The number of carbonyl (C=O) groups is 1. The van der Waals surface area contributed by atoms with Gasteiger partial charge >= 0.3 is 5.97 Å². The van der Waals surface area contributed by atoms with Crippen molar-refractivity contribution in [3.8, 4) is 11.5 Å². The second-order valence-electron chi connectivity index (χ2n) is 7.28. The molecule has 2 rings (SSSR count). The number of aryl methyl sites for hydroxylation is 3. The van der Waals surface area contributed by atoms with Crippen molar-refractivity contribution >= 4 is 5.97 Å². The molecule has 0 fully saturated rings. The van der Waals surface area contributed by atoms with Gasteiger partial charge in [-0.1, -0.05) is 50.6 Å². The summed E-state index contributed by atoms with van der Waals surface area (Å²) in [6, 6.07) is 11.8. The van der Waals surface area contributed by atoms with E-state index >= 15 is 0 Å². The Balaban J connectivity index is 2.09. The van der Waals surface area contributed by atoms with Gasteiger partial charge in [0.15, 0.2) is 6.61 Å². The first kappa shape index (κ1) is 18.1. The van der Waals surface area contributed by atoms with E-state index in [0.29, 0.717) is 11.5 Å². The molecule has 0 radical (unpaired) electrons. The van der Waals surface area contributed by atoms with Crippen LogP contribution < -0.4 is 9.47 Å². The molecule has 128 valence electrons. The minimum absolute atomic E-state index is 0.102. The lowest BCUT2D eigenvalue weighted by Crippen LogP contribution is -2.21. The fourth-order valence-electron chi connectivity index (χ4n) is 2.47. The van der Waals surface area contributed by atoms with Crippen molar-refractivity contribution in [2.45, 2.75) is 47.0 Å². The molecule has 3 heteroatoms. The number of esters is 1. The average molecular weight is 326 g/mol. The standard InChI is InChI=1S/C21H26O3/c1-14-8-10-18(17(11-14)21(4,5)6)24-20(22)13-23-19-12-15(2)7-9-16(19)3/h7-12H,13H2,1-6H3. The van der Waals surface area contributed by atoms with Crippen LogP contribution in [0.3, 0.4) is 0 Å². The van der Waals surface area contributed by atoms with Crippen LogP contribution in [0.4, 0.5) is 0 Å². The molecule has 2 aromatic rings. The number of carbonyl (C=O) groups excluding carboxylic acids is 1. The van der Waals surface area contributed by atoms with Gasteiger partial charge in [0.05, 0.1) is 0 Å². The van der Waals surface area contributed by atoms with E-state index in [1.165, 1.54) is 0 Å². The molecule has 0 bridgehead atoms. The summed E-state index contributed by atoms with van der Waals surface area (Å²) in [4.78, 5) is 12.2. The number of ether oxygens (including phenoxy) is 2. The van der Waals surface area contributed by atoms with E-state index in [-0.39, 0.29) is 12.0 Å². The van der Waals surface area contributed by atoms with E-state index in [2.05, 4.69) is 26.8 Å². The van der Waals surface area contributed by atoms with Crippen molar-refractivity contribution in [1.82, 2.24) is 0 Å². The van der Waals surface area contributed by atoms with E-state index in [1.807, 2.05) is 51.1 Å². The highest BCUT2D eigenvalue weighted by Gasteiger charge is 2.21. The summed E-state index contributed by atoms with van der Waals surface area (Å²) >= 11 is 0. The number of benzene rings is 2. The topological polar surface area (TPSA) is 35.5 Å². The maximum atomic E-state index is 12.2. The first-order valence-corrected chi connectivity index (χ1v) is 8.18. The smallest absolute Gasteiger partial charge is 0.349 e. The maximum absolute atomic E-state index is 12.2. The van der Waals surface area contributed by atoms with Crippen molar-refractivity contribution in [2.24, 2.45) is 0 Å². The molecule has 0 aliphatic carbocycles. The van der Waals surface area contributed by atoms with Crippen LogP contribution in [0.25, 0.3) is 0 Å². The van der Waals surface area contributed by atoms with Gasteiger partial charge in [-0.15, -0.1) is 0 Å². The lowest BCUT2D eigenvalue weighted by atomic mass is 9.85. The summed E-state index contributed by atoms with van der Waals surface area (Å²) in [5.74, 6) is 0.917. The molecule has 0 atom stereocenters. The van der Waals surface area contributed by atoms with E-state index in [4.69, 9.17) is 9.47 Å². The Hall–Kier alpha value is -2.29. The zero-order valence-corrected chi connectivity index (χ0v) is 15.4. The van der Waals surface area contributed by atoms with Gasteiger partial charge in [0.2, 0.25) is 0 Å². The highest BCUT2D eigenvalue weighted by Crippen LogP contribution is 2.32. The molecule has 0 aromatic heterocycles. The van der Waals surface area contributed by atoms with Gasteiger partial charge in [0.1, 0.15) is 11.5 Å². The molecule has 0 N–H and O–H groups in total. The van der Waals surface area contributed by atoms with Crippen LogP contribution in [0.1, 0.15) is 43.0 Å². The summed E-state index contributed by atoms with van der Waals surface area (Å²) in [5, 5.41) is 0. The molecule has 0 saturated carbocycles. The Labute approximate surface area is 144 Å². The Morgan fingerprint density at radius 3 is 2.21 bits per heavy atom. The van der Waals surface area contributed by atoms with E-state index in [0.717, 1.165) is 22.3 Å². The van der Waals surface area contributed by atoms with Crippen LogP contribution >= 0.6 is 0 Å². The molecular weight excluding hydrogens is 300 g/mol. The summed E-state index contributed by atoms with van der Waals surface area (Å²) in [7, 11) is 0. The molecular formula is C21H26O3. The fourth-order valence-corrected chi connectivity index (χ4v) is 2.47. The molecule has 0 saturated heterocycles. The van der Waals surface area contributed by atoms with Crippen molar-refractivity contribution in [3.63, 3.8) is 0 Å². The second-order valence-corrected chi connectivity index (χ2v) is 7.28. The SMILES string of the molecule is Cc1ccc(C)c(OCC(=O)Oc2ccc(C)cc2C(C)(C)C)c1. The zero-order valence-electron chi connectivity index (χ0n) is 15.4. The van der Waals surface area contributed by atoms with Crippen molar-refractivity contribution < 1.29 is 14.3 Å². The van der Waals surface area contributed by atoms with Crippen LogP contribution in [0.15, 0.2) is 36.4 Å². The van der Waals surface area contributed by atoms with Crippen LogP contribution in [0.5, 0.6) is 11.5 Å². The van der Waals surface area contributed by atoms with Gasteiger partial charge in [0, 0.05) is 5.56 Å². The van der Waals surface area contributed by atoms with Gasteiger partial charge in [-0.3, -0.25) is 0 Å². The van der Waals surface area contributed by atoms with Crippen molar-refractivity contribution in [1.29, 1.82) is 0 Å². The third kappa shape index (κ3) is 4.60. The third-order valence-electron chi connectivity index (χ3n) is 3.86. The Bertz CT molecular complexity index is 739. The van der Waals surface area contributed by atoms with Gasteiger partial charge < -0.3 is 9.47 Å². The van der Waals surface area contributed by atoms with Gasteiger partial charge in [0.25, 0.3) is 0 Å². The molecule has 0 spiro atoms. The van der Waals surface area contributed by atoms with Gasteiger partial charge in [-0.05, 0) is 49.4 Å². The largest absolute Gasteiger partial charge is 0.482 e. The predicted molar refractivity (Wildman–Crippen MR) is 96.9 cm³/mol. The fraction of sp³-hybridized carbons (Fsp3) is 0.381. The summed E-state index contributed by atoms with van der Waals surface area (Å²) in [6.07, 6.45) is 0. The first-order valence-electron chi connectivity index (χ1n) is 8.18. The predicted octanol–water partition coefficient (Wildman–Crippen LogP) is 4.89. The van der Waals surface area contributed by atoms with Crippen LogP contribution in [-0.2, 0) is 10.2 Å². The Morgan fingerprint density at radius 1 is 0.917 bits per heavy atom. The Kier molecular flexibility index (Phi) is 5.33. The summed E-state index contributed by atoms with van der Waals surface area (Å²) in [6.45, 7) is 12.2. The van der Waals surface area contributed by atoms with Gasteiger partial charge in [-0.25, -0.2) is 4.79 Å². The zero-order chi connectivity index (χ0) is 17.9. The van der Waals surface area contributed by atoms with Crippen molar-refractivity contribution in [3.05, 3.63) is 58.7 Å². The maximum Gasteiger partial charge on any atom is 0.349 e. The van der Waals surface area contributed by atoms with Gasteiger partial charge in [-0.2, -0.15) is 0 Å². The number of hydrogen-bond donors (Lipinski definition) is 0. The highest BCUT2D eigenvalue weighted by atomic mass is 16.6. The monoisotopic (exact) mass is 326 g/mol. The molecule has 3 nitrogen and oxygen atoms in total. The first-order chi connectivity index (χ1) is 11.2. The number of hydrogen-bond acceptors (Lipinski definition) is 3. The molecule has 0 aliphatic heterocycles. The minimum atomic E-state index is -0.398. The molecule has 0 aliphatic rings. The van der Waals surface area contributed by atoms with E-state index < -0.39 is 5.97 Å². The summed E-state index contributed by atoms with van der Waals surface area (Å²) in [5.41, 5.74) is 4.15. The van der Waals surface area contributed by atoms with Crippen LogP contribution in [0.2, 0.25) is 0 Å². The molecule has 0 heterocycles. The molecule has 0 unspecified atom stereocenters. The lowest BCUT2D eigenvalue weighted by molar-refractivity contribution is -0.136. The second kappa shape index (κ2) is 7.08. The Morgan fingerprint density at radius 2 is 1.54 bits per heavy atom. The molecule has 0 amide bonds. The van der Waals surface area contributed by atoms with E-state index in [9.17, 15) is 4.79 Å². The van der Waals surface area contributed by atoms with Crippen LogP contribution in [-0.4, -0.2) is 12.6 Å². The number of rotatable bonds is 4. The molecule has 2 aromatic carbocycles. The lowest BCUT2D eigenvalue weighted by Gasteiger charge is -2.22. The third-order valence-corrected chi connectivity index (χ3v) is 3.86. The van der Waals surface area contributed by atoms with Crippen molar-refractivity contribution in [2.75, 3.05) is 6.61 Å². The molecule has 24 heavy (non-hydrogen) atoms. The quantitative estimate of drug-likeness (QED) is 0.592.